The smallest absolute Gasteiger partial charge is 0.293 e. The van der Waals surface area contributed by atoms with Gasteiger partial charge in [0.1, 0.15) is 5.69 Å². The van der Waals surface area contributed by atoms with E-state index in [9.17, 15) is 14.9 Å². The number of fused-ring (bicyclic) bond motifs is 1. The lowest BCUT2D eigenvalue weighted by molar-refractivity contribution is -0.383. The van der Waals surface area contributed by atoms with E-state index >= 15 is 0 Å². The quantitative estimate of drug-likeness (QED) is 0.611. The topological polar surface area (TPSA) is 107 Å². The third-order valence-electron chi connectivity index (χ3n) is 4.70. The number of hydrogen-bond acceptors (Lipinski definition) is 7. The fraction of sp³-hybridized carbons (Fsp3) is 0.500. The van der Waals surface area contributed by atoms with Crippen molar-refractivity contribution < 1.29 is 4.92 Å². The van der Waals surface area contributed by atoms with Gasteiger partial charge in [-0.1, -0.05) is 0 Å². The number of piperazine rings is 1. The Morgan fingerprint density at radius 2 is 2.08 bits per heavy atom. The molecule has 1 unspecified atom stereocenters. The maximum absolute atomic E-state index is 11.8. The van der Waals surface area contributed by atoms with E-state index in [1.54, 1.807) is 6.07 Å². The average Bonchev–Trinajstić information content (AvgIpc) is 2.59. The van der Waals surface area contributed by atoms with Crippen LogP contribution in [0.3, 0.4) is 0 Å². The van der Waals surface area contributed by atoms with Crippen LogP contribution in [0.15, 0.2) is 23.3 Å². The lowest BCUT2D eigenvalue weighted by Gasteiger charge is -2.36. The predicted molar refractivity (Wildman–Crippen MR) is 96.0 cm³/mol. The Morgan fingerprint density at radius 3 is 2.76 bits per heavy atom. The van der Waals surface area contributed by atoms with Crippen molar-refractivity contribution >= 4 is 22.3 Å². The molecule has 2 N–H and O–H groups in total. The Kier molecular flexibility index (Phi) is 4.95. The Hall–Kier alpha value is -2.52. The molecule has 0 radical (unpaired) electrons. The number of aromatic nitrogens is 2. The van der Waals surface area contributed by atoms with Crippen LogP contribution < -0.4 is 10.9 Å². The van der Waals surface area contributed by atoms with E-state index < -0.39 is 4.92 Å². The highest BCUT2D eigenvalue weighted by Gasteiger charge is 2.21. The number of nitro groups is 1. The Morgan fingerprint density at radius 1 is 1.36 bits per heavy atom. The highest BCUT2D eigenvalue weighted by molar-refractivity contribution is 5.86. The Labute approximate surface area is 144 Å². The minimum Gasteiger partial charge on any atom is -0.378 e. The molecule has 0 spiro atoms. The van der Waals surface area contributed by atoms with Crippen LogP contribution in [0.2, 0.25) is 0 Å². The van der Waals surface area contributed by atoms with Gasteiger partial charge in [-0.2, -0.15) is 0 Å². The SMILES string of the molecule is CC(CNc1cc2nc[nH]c(=O)c2cc1[N+](=O)[O-])N1CCN(C)CC1. The largest absolute Gasteiger partial charge is 0.378 e. The summed E-state index contributed by atoms with van der Waals surface area (Å²) >= 11 is 0. The Bertz CT molecular complexity index is 828. The number of hydrogen-bond donors (Lipinski definition) is 2. The summed E-state index contributed by atoms with van der Waals surface area (Å²) < 4.78 is 0. The molecule has 0 aliphatic carbocycles. The van der Waals surface area contributed by atoms with Crippen molar-refractivity contribution in [2.45, 2.75) is 13.0 Å². The third kappa shape index (κ3) is 3.77. The molecule has 1 aliphatic heterocycles. The minimum atomic E-state index is -0.477. The lowest BCUT2D eigenvalue weighted by atomic mass is 10.1. The van der Waals surface area contributed by atoms with Crippen molar-refractivity contribution in [3.05, 3.63) is 38.9 Å². The van der Waals surface area contributed by atoms with Crippen LogP contribution >= 0.6 is 0 Å². The van der Waals surface area contributed by atoms with Gasteiger partial charge in [0.25, 0.3) is 11.2 Å². The summed E-state index contributed by atoms with van der Waals surface area (Å²) in [5.74, 6) is 0. The number of rotatable bonds is 5. The second-order valence-electron chi connectivity index (χ2n) is 6.44. The highest BCUT2D eigenvalue weighted by atomic mass is 16.6. The van der Waals surface area contributed by atoms with Gasteiger partial charge in [-0.25, -0.2) is 4.98 Å². The molecule has 0 saturated carbocycles. The van der Waals surface area contributed by atoms with Gasteiger partial charge in [-0.05, 0) is 20.0 Å². The summed E-state index contributed by atoms with van der Waals surface area (Å²) in [6.45, 7) is 6.69. The van der Waals surface area contributed by atoms with Crippen molar-refractivity contribution in [2.75, 3.05) is 45.1 Å². The van der Waals surface area contributed by atoms with Crippen molar-refractivity contribution in [3.63, 3.8) is 0 Å². The summed E-state index contributed by atoms with van der Waals surface area (Å²) in [6.07, 6.45) is 1.30. The first-order valence-electron chi connectivity index (χ1n) is 8.28. The zero-order chi connectivity index (χ0) is 18.0. The normalized spacial score (nSPS) is 17.5. The molecular weight excluding hydrogens is 324 g/mol. The zero-order valence-corrected chi connectivity index (χ0v) is 14.4. The second-order valence-corrected chi connectivity index (χ2v) is 6.44. The fourth-order valence-electron chi connectivity index (χ4n) is 3.05. The van der Waals surface area contributed by atoms with Gasteiger partial charge in [0.05, 0.1) is 22.2 Å². The maximum atomic E-state index is 11.8. The number of H-pyrrole nitrogens is 1. The summed E-state index contributed by atoms with van der Waals surface area (Å²) in [7, 11) is 2.10. The van der Waals surface area contributed by atoms with Gasteiger partial charge in [0.15, 0.2) is 0 Å². The molecule has 3 rings (SSSR count). The minimum absolute atomic E-state index is 0.114. The molecule has 2 heterocycles. The lowest BCUT2D eigenvalue weighted by Crippen LogP contribution is -2.49. The summed E-state index contributed by atoms with van der Waals surface area (Å²) in [5, 5.41) is 14.8. The van der Waals surface area contributed by atoms with Crippen LogP contribution in [0.5, 0.6) is 0 Å². The van der Waals surface area contributed by atoms with Crippen LogP contribution in [0.25, 0.3) is 10.9 Å². The van der Waals surface area contributed by atoms with Crippen LogP contribution in [0.1, 0.15) is 6.92 Å². The van der Waals surface area contributed by atoms with Gasteiger partial charge in [0.2, 0.25) is 0 Å². The van der Waals surface area contributed by atoms with E-state index in [4.69, 9.17) is 0 Å². The first-order chi connectivity index (χ1) is 12.0. The molecule has 9 nitrogen and oxygen atoms in total. The summed E-state index contributed by atoms with van der Waals surface area (Å²) in [4.78, 5) is 33.9. The van der Waals surface area contributed by atoms with E-state index in [0.29, 0.717) is 17.7 Å². The number of nitro benzene ring substituents is 1. The molecule has 0 bridgehead atoms. The number of nitrogens with one attached hydrogen (secondary N) is 2. The number of aromatic amines is 1. The molecule has 1 aromatic heterocycles. The van der Waals surface area contributed by atoms with Crippen molar-refractivity contribution in [1.29, 1.82) is 0 Å². The monoisotopic (exact) mass is 346 g/mol. The summed E-state index contributed by atoms with van der Waals surface area (Å²) in [6, 6.07) is 3.10. The molecule has 1 aromatic carbocycles. The van der Waals surface area contributed by atoms with Gasteiger partial charge < -0.3 is 15.2 Å². The predicted octanol–water partition coefficient (Wildman–Crippen LogP) is 0.879. The molecule has 134 valence electrons. The number of likely N-dealkylation sites (N-methyl/N-ethyl adjacent to an activating group) is 1. The molecule has 1 aliphatic rings. The molecule has 9 heteroatoms. The number of anilines is 1. The molecule has 1 fully saturated rings. The standard InChI is InChI=1S/C16H22N6O3/c1-11(21-5-3-20(2)4-6-21)9-17-14-8-13-12(7-15(14)22(24)25)16(23)19-10-18-13/h7-8,10-11,17H,3-6,9H2,1-2H3,(H,18,19,23). The van der Waals surface area contributed by atoms with Crippen LogP contribution in [-0.4, -0.2) is 70.5 Å². The second kappa shape index (κ2) is 7.16. The van der Waals surface area contributed by atoms with Crippen molar-refractivity contribution in [3.8, 4) is 0 Å². The van der Waals surface area contributed by atoms with E-state index in [-0.39, 0.29) is 22.7 Å². The third-order valence-corrected chi connectivity index (χ3v) is 4.70. The molecule has 1 saturated heterocycles. The van der Waals surface area contributed by atoms with E-state index in [2.05, 4.69) is 39.1 Å². The maximum Gasteiger partial charge on any atom is 0.293 e. The van der Waals surface area contributed by atoms with E-state index in [1.165, 1.54) is 12.4 Å². The average molecular weight is 346 g/mol. The van der Waals surface area contributed by atoms with E-state index in [1.807, 2.05) is 0 Å². The molecular formula is C16H22N6O3. The summed E-state index contributed by atoms with van der Waals surface area (Å²) in [5.41, 5.74) is 0.322. The van der Waals surface area contributed by atoms with Crippen LogP contribution in [0, 0.1) is 10.1 Å². The molecule has 1 atom stereocenters. The molecule has 25 heavy (non-hydrogen) atoms. The molecule has 0 amide bonds. The van der Waals surface area contributed by atoms with Gasteiger partial charge in [-0.3, -0.25) is 19.8 Å². The number of benzene rings is 1. The fourth-order valence-corrected chi connectivity index (χ4v) is 3.05. The first-order valence-corrected chi connectivity index (χ1v) is 8.28. The van der Waals surface area contributed by atoms with Gasteiger partial charge >= 0.3 is 0 Å². The number of nitrogens with zero attached hydrogens (tertiary/aromatic N) is 4. The Balaban J connectivity index is 1.79. The zero-order valence-electron chi connectivity index (χ0n) is 14.4. The molecule has 2 aromatic rings. The first kappa shape index (κ1) is 17.3. The van der Waals surface area contributed by atoms with Crippen LogP contribution in [0.4, 0.5) is 11.4 Å². The van der Waals surface area contributed by atoms with E-state index in [0.717, 1.165) is 26.2 Å². The van der Waals surface area contributed by atoms with Gasteiger partial charge in [0, 0.05) is 44.8 Å². The van der Waals surface area contributed by atoms with Crippen LogP contribution in [-0.2, 0) is 0 Å². The van der Waals surface area contributed by atoms with Crippen molar-refractivity contribution in [2.24, 2.45) is 0 Å². The van der Waals surface area contributed by atoms with Gasteiger partial charge in [-0.15, -0.1) is 0 Å². The van der Waals surface area contributed by atoms with Crippen molar-refractivity contribution in [1.82, 2.24) is 19.8 Å². The highest BCUT2D eigenvalue weighted by Crippen LogP contribution is 2.28.